The first kappa shape index (κ1) is 25.5. The molecule has 4 rings (SSSR count). The molecule has 2 N–H and O–H groups in total. The Kier molecular flexibility index (Phi) is 6.46. The van der Waals surface area contributed by atoms with Crippen LogP contribution in [-0.2, 0) is 23.9 Å². The summed E-state index contributed by atoms with van der Waals surface area (Å²) in [4.78, 5) is 13.7. The molecule has 0 fully saturated rings. The third-order valence-electron chi connectivity index (χ3n) is 6.79. The Morgan fingerprint density at radius 3 is 1.83 bits per heavy atom. The summed E-state index contributed by atoms with van der Waals surface area (Å²) in [6.45, 7) is 14.9. The summed E-state index contributed by atoms with van der Waals surface area (Å²) in [5.74, 6) is 0.179. The van der Waals surface area contributed by atoms with Crippen molar-refractivity contribution in [3.63, 3.8) is 0 Å². The van der Waals surface area contributed by atoms with Crippen molar-refractivity contribution < 1.29 is 9.90 Å². The number of nitrogens with one attached hydrogen (secondary N) is 1. The van der Waals surface area contributed by atoms with E-state index in [1.807, 2.05) is 82.5 Å². The quantitative estimate of drug-likeness (QED) is 0.320. The Bertz CT molecular complexity index is 1460. The minimum absolute atomic E-state index is 0.0538. The normalized spacial score (nSPS) is 12.3. The van der Waals surface area contributed by atoms with Crippen LogP contribution >= 0.6 is 0 Å². The van der Waals surface area contributed by atoms with Crippen LogP contribution in [0, 0.1) is 12.3 Å². The smallest absolute Gasteiger partial charge is 0.203 e. The zero-order chi connectivity index (χ0) is 26.4. The fourth-order valence-electron chi connectivity index (χ4n) is 4.66. The van der Waals surface area contributed by atoms with Crippen LogP contribution in [-0.4, -0.2) is 20.0 Å². The number of fused-ring (bicyclic) bond motifs is 1. The predicted octanol–water partition coefficient (Wildman–Crippen LogP) is 6.46. The lowest BCUT2D eigenvalue weighted by Gasteiger charge is -2.28. The number of nitrogens with zero attached hydrogens (tertiary/aromatic N) is 2. The van der Waals surface area contributed by atoms with Crippen LogP contribution in [0.25, 0.3) is 11.0 Å². The fourth-order valence-corrected chi connectivity index (χ4v) is 4.66. The van der Waals surface area contributed by atoms with Gasteiger partial charge in [-0.2, -0.15) is 0 Å². The van der Waals surface area contributed by atoms with Gasteiger partial charge in [-0.25, -0.2) is 0 Å². The molecule has 5 nitrogen and oxygen atoms in total. The van der Waals surface area contributed by atoms with Crippen LogP contribution in [0.15, 0.2) is 60.7 Å². The highest BCUT2D eigenvalue weighted by Gasteiger charge is 2.28. The summed E-state index contributed by atoms with van der Waals surface area (Å²) >= 11 is 0. The van der Waals surface area contributed by atoms with Crippen molar-refractivity contribution in [1.82, 2.24) is 9.13 Å². The number of hydrogen-bond donors (Lipinski definition) is 2. The largest absolute Gasteiger partial charge is 0.507 e. The van der Waals surface area contributed by atoms with Crippen LogP contribution in [0.2, 0.25) is 0 Å². The van der Waals surface area contributed by atoms with E-state index in [4.69, 9.17) is 5.41 Å². The van der Waals surface area contributed by atoms with E-state index in [-0.39, 0.29) is 34.5 Å². The average Bonchev–Trinajstić information content (AvgIpc) is 3.05. The molecule has 0 aliphatic carbocycles. The number of rotatable bonds is 5. The van der Waals surface area contributed by atoms with E-state index >= 15 is 0 Å². The topological polar surface area (TPSA) is 71.0 Å². The van der Waals surface area contributed by atoms with Gasteiger partial charge in [0.25, 0.3) is 0 Å². The van der Waals surface area contributed by atoms with E-state index in [0.717, 1.165) is 27.7 Å². The molecular formula is C31H37N3O2. The highest BCUT2D eigenvalue weighted by atomic mass is 16.3. The zero-order valence-electron chi connectivity index (χ0n) is 22.4. The number of benzene rings is 3. The average molecular weight is 484 g/mol. The summed E-state index contributed by atoms with van der Waals surface area (Å²) in [5.41, 5.74) is 5.81. The highest BCUT2D eigenvalue weighted by Crippen LogP contribution is 2.40. The number of para-hydroxylation sites is 2. The van der Waals surface area contributed by atoms with Crippen LogP contribution in [0.5, 0.6) is 5.75 Å². The number of ketones is 1. The number of hydrogen-bond acceptors (Lipinski definition) is 3. The molecule has 0 spiro atoms. The summed E-state index contributed by atoms with van der Waals surface area (Å²) in [7, 11) is 0. The molecule has 0 aliphatic rings. The number of carbonyl (C=O) groups excluding carboxylic acids is 1. The molecule has 36 heavy (non-hydrogen) atoms. The van der Waals surface area contributed by atoms with E-state index in [1.165, 1.54) is 5.56 Å². The molecule has 0 aliphatic heterocycles. The third-order valence-corrected chi connectivity index (χ3v) is 6.79. The van der Waals surface area contributed by atoms with E-state index in [2.05, 4.69) is 31.2 Å². The molecule has 0 bridgehead atoms. The Labute approximate surface area is 213 Å². The number of imidazole rings is 1. The molecule has 0 radical (unpaired) electrons. The van der Waals surface area contributed by atoms with Crippen LogP contribution in [0.1, 0.15) is 74.2 Å². The van der Waals surface area contributed by atoms with E-state index in [9.17, 15) is 9.90 Å². The molecule has 0 saturated carbocycles. The second kappa shape index (κ2) is 9.12. The van der Waals surface area contributed by atoms with Crippen molar-refractivity contribution in [3.05, 3.63) is 94.1 Å². The van der Waals surface area contributed by atoms with Gasteiger partial charge in [0.1, 0.15) is 5.75 Å². The van der Waals surface area contributed by atoms with Crippen LogP contribution in [0.3, 0.4) is 0 Å². The number of Topliss-reactive ketones (excluding diaryl/α,β-unsaturated/α-hetero) is 1. The number of aromatic nitrogens is 2. The Hall–Kier alpha value is -3.60. The lowest BCUT2D eigenvalue weighted by atomic mass is 9.78. The Morgan fingerprint density at radius 2 is 1.33 bits per heavy atom. The maximum absolute atomic E-state index is 13.7. The molecule has 0 saturated heterocycles. The fraction of sp³-hybridized carbons (Fsp3) is 0.355. The second-order valence-corrected chi connectivity index (χ2v) is 11.8. The summed E-state index contributed by atoms with van der Waals surface area (Å²) in [5, 5.41) is 20.0. The predicted molar refractivity (Wildman–Crippen MR) is 146 cm³/mol. The Balaban J connectivity index is 1.79. The Morgan fingerprint density at radius 1 is 0.833 bits per heavy atom. The lowest BCUT2D eigenvalue weighted by Crippen LogP contribution is -2.28. The van der Waals surface area contributed by atoms with E-state index in [0.29, 0.717) is 12.1 Å². The first-order valence-electron chi connectivity index (χ1n) is 12.5. The van der Waals surface area contributed by atoms with Gasteiger partial charge in [-0.1, -0.05) is 83.5 Å². The van der Waals surface area contributed by atoms with Gasteiger partial charge in [-0.15, -0.1) is 0 Å². The van der Waals surface area contributed by atoms with Crippen molar-refractivity contribution in [2.24, 2.45) is 0 Å². The molecular weight excluding hydrogens is 446 g/mol. The van der Waals surface area contributed by atoms with Crippen LogP contribution in [0.4, 0.5) is 0 Å². The summed E-state index contributed by atoms with van der Waals surface area (Å²) < 4.78 is 3.73. The molecule has 5 heteroatoms. The molecule has 1 heterocycles. The van der Waals surface area contributed by atoms with Gasteiger partial charge in [-0.3, -0.25) is 10.2 Å². The number of carbonyl (C=O) groups is 1. The first-order valence-corrected chi connectivity index (χ1v) is 12.5. The van der Waals surface area contributed by atoms with Gasteiger partial charge in [0, 0.05) is 16.7 Å². The molecule has 1 aromatic heterocycles. The molecule has 0 unspecified atom stereocenters. The standard InChI is InChI=1S/C31H37N3O2/c1-20-12-14-21(15-13-20)18-33-25-10-8-9-11-26(25)34(29(33)32)19-27(35)22-16-23(30(2,3)4)28(36)24(17-22)31(5,6)7/h8-17,32,36H,18-19H2,1-7H3. The van der Waals surface area contributed by atoms with Crippen molar-refractivity contribution >= 4 is 16.8 Å². The van der Waals surface area contributed by atoms with Gasteiger partial charge in [0.2, 0.25) is 5.62 Å². The monoisotopic (exact) mass is 483 g/mol. The first-order chi connectivity index (χ1) is 16.8. The van der Waals surface area contributed by atoms with Gasteiger partial charge in [0.05, 0.1) is 24.1 Å². The maximum Gasteiger partial charge on any atom is 0.203 e. The van der Waals surface area contributed by atoms with E-state index in [1.54, 1.807) is 4.57 Å². The zero-order valence-corrected chi connectivity index (χ0v) is 22.4. The number of aromatic hydroxyl groups is 1. The van der Waals surface area contributed by atoms with Gasteiger partial charge in [0.15, 0.2) is 5.78 Å². The number of phenols is 1. The highest BCUT2D eigenvalue weighted by molar-refractivity contribution is 5.97. The van der Waals surface area contributed by atoms with Crippen LogP contribution < -0.4 is 5.62 Å². The summed E-state index contributed by atoms with van der Waals surface area (Å²) in [6, 6.07) is 19.8. The third kappa shape index (κ3) is 4.88. The van der Waals surface area contributed by atoms with Crippen molar-refractivity contribution in [2.75, 3.05) is 0 Å². The molecule has 4 aromatic rings. The lowest BCUT2D eigenvalue weighted by molar-refractivity contribution is 0.0971. The molecule has 3 aromatic carbocycles. The van der Waals surface area contributed by atoms with Gasteiger partial charge < -0.3 is 14.2 Å². The second-order valence-electron chi connectivity index (χ2n) is 11.8. The van der Waals surface area contributed by atoms with Crippen molar-refractivity contribution in [1.29, 1.82) is 5.41 Å². The SMILES string of the molecule is Cc1ccc(Cn2c(=N)n(CC(=O)c3cc(C(C)(C)C)c(O)c(C(C)(C)C)c3)c3ccccc32)cc1. The molecule has 0 amide bonds. The minimum Gasteiger partial charge on any atom is -0.507 e. The van der Waals surface area contributed by atoms with E-state index < -0.39 is 0 Å². The maximum atomic E-state index is 13.7. The minimum atomic E-state index is -0.321. The number of phenolic OH excluding ortho intramolecular Hbond substituents is 1. The van der Waals surface area contributed by atoms with Crippen molar-refractivity contribution in [3.8, 4) is 5.75 Å². The molecule has 0 atom stereocenters. The van der Waals surface area contributed by atoms with Gasteiger partial charge in [-0.05, 0) is 47.6 Å². The van der Waals surface area contributed by atoms with Gasteiger partial charge >= 0.3 is 0 Å². The van der Waals surface area contributed by atoms with Crippen molar-refractivity contribution in [2.45, 2.75) is 72.4 Å². The number of aryl methyl sites for hydroxylation is 1. The summed E-state index contributed by atoms with van der Waals surface area (Å²) in [6.07, 6.45) is 0. The molecule has 188 valence electrons.